The fraction of sp³-hybridized carbons (Fsp3) is 0.636. The van der Waals surface area contributed by atoms with Gasteiger partial charge >= 0.3 is 0 Å². The number of hydrogen-bond donors (Lipinski definition) is 0. The first kappa shape index (κ1) is 11.1. The molecular formula is C11H14N2O3S. The van der Waals surface area contributed by atoms with Crippen LogP contribution in [0.3, 0.4) is 0 Å². The number of sulfone groups is 1. The average molecular weight is 254 g/mol. The van der Waals surface area contributed by atoms with E-state index in [0.717, 1.165) is 18.5 Å². The molecule has 3 rings (SSSR count). The van der Waals surface area contributed by atoms with E-state index in [0.29, 0.717) is 36.9 Å². The van der Waals surface area contributed by atoms with Crippen molar-refractivity contribution in [2.24, 2.45) is 0 Å². The van der Waals surface area contributed by atoms with Crippen molar-refractivity contribution in [2.45, 2.75) is 36.8 Å². The second-order valence-electron chi connectivity index (χ2n) is 4.66. The Balaban J connectivity index is 2.19. The lowest BCUT2D eigenvalue weighted by Crippen LogP contribution is -2.19. The van der Waals surface area contributed by atoms with Crippen LogP contribution in [0.1, 0.15) is 35.8 Å². The second kappa shape index (κ2) is 3.74. The van der Waals surface area contributed by atoms with Gasteiger partial charge in [0.25, 0.3) is 0 Å². The van der Waals surface area contributed by atoms with E-state index in [4.69, 9.17) is 4.74 Å². The largest absolute Gasteiger partial charge is 0.376 e. The van der Waals surface area contributed by atoms with Gasteiger partial charge in [-0.3, -0.25) is 0 Å². The van der Waals surface area contributed by atoms with Gasteiger partial charge in [0.15, 0.2) is 14.9 Å². The Morgan fingerprint density at radius 1 is 1.29 bits per heavy atom. The highest BCUT2D eigenvalue weighted by atomic mass is 32.2. The van der Waals surface area contributed by atoms with Crippen LogP contribution in [-0.4, -0.2) is 31.2 Å². The monoisotopic (exact) mass is 254 g/mol. The molecule has 2 aliphatic rings. The summed E-state index contributed by atoms with van der Waals surface area (Å²) in [7, 11) is -3.30. The molecular weight excluding hydrogens is 240 g/mol. The Bertz CT molecular complexity index is 564. The van der Waals surface area contributed by atoms with Gasteiger partial charge in [-0.25, -0.2) is 18.4 Å². The van der Waals surface area contributed by atoms with Crippen LogP contribution in [-0.2, 0) is 27.6 Å². The molecule has 17 heavy (non-hydrogen) atoms. The van der Waals surface area contributed by atoms with Crippen LogP contribution in [0.4, 0.5) is 0 Å². The highest BCUT2D eigenvalue weighted by molar-refractivity contribution is 7.90. The van der Waals surface area contributed by atoms with Gasteiger partial charge in [-0.15, -0.1) is 0 Å². The summed E-state index contributed by atoms with van der Waals surface area (Å²) in [6, 6.07) is 0. The van der Waals surface area contributed by atoms with Crippen molar-refractivity contribution in [2.75, 3.05) is 12.9 Å². The molecule has 1 aromatic rings. The van der Waals surface area contributed by atoms with Crippen molar-refractivity contribution in [3.63, 3.8) is 0 Å². The molecule has 0 saturated heterocycles. The summed E-state index contributed by atoms with van der Waals surface area (Å²) in [6.45, 7) is 0.917. The molecule has 5 nitrogen and oxygen atoms in total. The lowest BCUT2D eigenvalue weighted by molar-refractivity contribution is 0.106. The normalized spacial score (nSPS) is 20.1. The molecule has 0 radical (unpaired) electrons. The zero-order valence-corrected chi connectivity index (χ0v) is 10.5. The third-order valence-electron chi connectivity index (χ3n) is 3.10. The molecule has 92 valence electrons. The molecule has 0 N–H and O–H groups in total. The Labute approximate surface area is 100 Å². The quantitative estimate of drug-likeness (QED) is 0.731. The van der Waals surface area contributed by atoms with Crippen molar-refractivity contribution < 1.29 is 13.2 Å². The molecule has 1 saturated carbocycles. The third-order valence-corrected chi connectivity index (χ3v) is 4.14. The van der Waals surface area contributed by atoms with Gasteiger partial charge in [-0.05, 0) is 12.8 Å². The number of fused-ring (bicyclic) bond motifs is 1. The number of hydrogen-bond acceptors (Lipinski definition) is 5. The van der Waals surface area contributed by atoms with Crippen LogP contribution in [0.2, 0.25) is 0 Å². The standard InChI is InChI=1S/C11H14N2O3S/c1-17(14,15)11-8-6-16-5-4-9(8)12-10(13-11)7-2-3-7/h7H,2-6H2,1H3. The summed E-state index contributed by atoms with van der Waals surface area (Å²) in [5.41, 5.74) is 1.51. The molecule has 0 spiro atoms. The number of ether oxygens (including phenoxy) is 1. The summed E-state index contributed by atoms with van der Waals surface area (Å²) >= 11 is 0. The van der Waals surface area contributed by atoms with Crippen LogP contribution in [0.15, 0.2) is 5.03 Å². The predicted octanol–water partition coefficient (Wildman–Crippen LogP) is 0.830. The highest BCUT2D eigenvalue weighted by Gasteiger charge is 2.31. The Morgan fingerprint density at radius 2 is 2.06 bits per heavy atom. The van der Waals surface area contributed by atoms with E-state index < -0.39 is 9.84 Å². The maximum Gasteiger partial charge on any atom is 0.193 e. The lowest BCUT2D eigenvalue weighted by Gasteiger charge is -2.18. The Hall–Kier alpha value is -1.01. The van der Waals surface area contributed by atoms with Gasteiger partial charge in [-0.1, -0.05) is 0 Å². The van der Waals surface area contributed by atoms with Crippen LogP contribution in [0.5, 0.6) is 0 Å². The lowest BCUT2D eigenvalue weighted by atomic mass is 10.1. The first-order chi connectivity index (χ1) is 8.05. The van der Waals surface area contributed by atoms with Crippen molar-refractivity contribution in [1.29, 1.82) is 0 Å². The third kappa shape index (κ3) is 2.07. The van der Waals surface area contributed by atoms with E-state index in [2.05, 4.69) is 9.97 Å². The molecule has 0 unspecified atom stereocenters. The van der Waals surface area contributed by atoms with Gasteiger partial charge in [0.05, 0.1) is 18.9 Å². The zero-order chi connectivity index (χ0) is 12.0. The van der Waals surface area contributed by atoms with Crippen LogP contribution < -0.4 is 0 Å². The van der Waals surface area contributed by atoms with E-state index in [1.54, 1.807) is 0 Å². The minimum absolute atomic E-state index is 0.170. The number of aromatic nitrogens is 2. The molecule has 6 heteroatoms. The maximum absolute atomic E-state index is 11.8. The molecule has 0 bridgehead atoms. The molecule has 0 aromatic carbocycles. The Kier molecular flexibility index (Phi) is 2.45. The molecule has 1 aliphatic carbocycles. The van der Waals surface area contributed by atoms with Gasteiger partial charge in [0.1, 0.15) is 5.82 Å². The molecule has 0 atom stereocenters. The van der Waals surface area contributed by atoms with E-state index in [9.17, 15) is 8.42 Å². The number of rotatable bonds is 2. The molecule has 2 heterocycles. The van der Waals surface area contributed by atoms with Crippen LogP contribution in [0, 0.1) is 0 Å². The van der Waals surface area contributed by atoms with E-state index in [-0.39, 0.29) is 5.03 Å². The number of nitrogens with zero attached hydrogens (tertiary/aromatic N) is 2. The average Bonchev–Trinajstić information content (AvgIpc) is 3.10. The van der Waals surface area contributed by atoms with Crippen molar-refractivity contribution in [3.05, 3.63) is 17.1 Å². The SMILES string of the molecule is CS(=O)(=O)c1nc(C2CC2)nc2c1COCC2. The minimum atomic E-state index is -3.30. The van der Waals surface area contributed by atoms with Crippen LogP contribution >= 0.6 is 0 Å². The predicted molar refractivity (Wildman–Crippen MR) is 60.5 cm³/mol. The summed E-state index contributed by atoms with van der Waals surface area (Å²) in [5.74, 6) is 1.06. The smallest absolute Gasteiger partial charge is 0.193 e. The summed E-state index contributed by atoms with van der Waals surface area (Å²) < 4.78 is 28.8. The first-order valence-corrected chi connectivity index (χ1v) is 7.62. The van der Waals surface area contributed by atoms with E-state index in [1.807, 2.05) is 0 Å². The van der Waals surface area contributed by atoms with E-state index in [1.165, 1.54) is 6.26 Å². The molecule has 1 fully saturated rings. The van der Waals surface area contributed by atoms with Crippen molar-refractivity contribution in [3.8, 4) is 0 Å². The fourth-order valence-electron chi connectivity index (χ4n) is 2.05. The molecule has 1 aliphatic heterocycles. The fourth-order valence-corrected chi connectivity index (χ4v) is 2.94. The summed E-state index contributed by atoms with van der Waals surface area (Å²) in [6.07, 6.45) is 4.01. The van der Waals surface area contributed by atoms with Gasteiger partial charge in [0.2, 0.25) is 0 Å². The highest BCUT2D eigenvalue weighted by Crippen LogP contribution is 2.39. The molecule has 0 amide bonds. The first-order valence-electron chi connectivity index (χ1n) is 5.73. The van der Waals surface area contributed by atoms with Crippen molar-refractivity contribution >= 4 is 9.84 Å². The van der Waals surface area contributed by atoms with Gasteiger partial charge < -0.3 is 4.74 Å². The van der Waals surface area contributed by atoms with Crippen molar-refractivity contribution in [1.82, 2.24) is 9.97 Å². The Morgan fingerprint density at radius 3 is 2.71 bits per heavy atom. The van der Waals surface area contributed by atoms with E-state index >= 15 is 0 Å². The second-order valence-corrected chi connectivity index (χ2v) is 6.59. The zero-order valence-electron chi connectivity index (χ0n) is 9.64. The van der Waals surface area contributed by atoms with Gasteiger partial charge in [-0.2, -0.15) is 0 Å². The van der Waals surface area contributed by atoms with Crippen LogP contribution in [0.25, 0.3) is 0 Å². The maximum atomic E-state index is 11.8. The topological polar surface area (TPSA) is 69.2 Å². The minimum Gasteiger partial charge on any atom is -0.376 e. The summed E-state index contributed by atoms with van der Waals surface area (Å²) in [5, 5.41) is 0.170. The van der Waals surface area contributed by atoms with Gasteiger partial charge in [0, 0.05) is 24.2 Å². The summed E-state index contributed by atoms with van der Waals surface area (Å²) in [4.78, 5) is 8.73. The molecule has 1 aromatic heterocycles.